The number of rotatable bonds is 4. The Hall–Kier alpha value is -0.860. The van der Waals surface area contributed by atoms with Crippen LogP contribution >= 0.6 is 0 Å². The monoisotopic (exact) mass is 232 g/mol. The third-order valence-corrected chi connectivity index (χ3v) is 3.61. The van der Waals surface area contributed by atoms with Gasteiger partial charge in [0.1, 0.15) is 0 Å². The first-order chi connectivity index (χ1) is 8.19. The topological polar surface area (TPSA) is 15.3 Å². The third-order valence-electron chi connectivity index (χ3n) is 3.61. The Morgan fingerprint density at radius 1 is 1.24 bits per heavy atom. The van der Waals surface area contributed by atoms with Gasteiger partial charge in [0.05, 0.1) is 0 Å². The molecule has 0 spiro atoms. The molecule has 0 aromatic heterocycles. The number of nitrogens with zero attached hydrogens (tertiary/aromatic N) is 1. The maximum atomic E-state index is 3.31. The van der Waals surface area contributed by atoms with Crippen molar-refractivity contribution in [2.45, 2.75) is 39.3 Å². The molecule has 1 fully saturated rings. The first-order valence-corrected chi connectivity index (χ1v) is 6.65. The van der Waals surface area contributed by atoms with Gasteiger partial charge in [-0.1, -0.05) is 29.3 Å². The minimum Gasteiger partial charge on any atom is -0.318 e. The number of hydrogen-bond acceptors (Lipinski definition) is 2. The Labute approximate surface area is 105 Å². The summed E-state index contributed by atoms with van der Waals surface area (Å²) in [5, 5.41) is 3.31. The third kappa shape index (κ3) is 3.30. The van der Waals surface area contributed by atoms with Gasteiger partial charge < -0.3 is 5.32 Å². The standard InChI is InChI=1S/C15H24N2/c1-12-7-13(2)9-14(8-12)11-17-6-4-5-15(17)10-16-3/h7-9,15-16H,4-6,10-11H2,1-3H3. The zero-order chi connectivity index (χ0) is 12.3. The number of aryl methyl sites for hydroxylation is 2. The Balaban J connectivity index is 2.04. The molecule has 1 aliphatic rings. The minimum atomic E-state index is 0.723. The lowest BCUT2D eigenvalue weighted by molar-refractivity contribution is 0.242. The Morgan fingerprint density at radius 3 is 2.59 bits per heavy atom. The van der Waals surface area contributed by atoms with Crippen LogP contribution in [-0.2, 0) is 6.54 Å². The van der Waals surface area contributed by atoms with Crippen LogP contribution < -0.4 is 5.32 Å². The highest BCUT2D eigenvalue weighted by Crippen LogP contribution is 2.20. The molecule has 0 bridgehead atoms. The molecule has 0 radical (unpaired) electrons. The second-order valence-electron chi connectivity index (χ2n) is 5.32. The summed E-state index contributed by atoms with van der Waals surface area (Å²) in [6, 6.07) is 7.61. The summed E-state index contributed by atoms with van der Waals surface area (Å²) in [5.74, 6) is 0. The Kier molecular flexibility index (Phi) is 4.19. The molecule has 1 N–H and O–H groups in total. The van der Waals surface area contributed by atoms with Crippen LogP contribution in [0.15, 0.2) is 18.2 Å². The summed E-state index contributed by atoms with van der Waals surface area (Å²) in [6.07, 6.45) is 2.68. The summed E-state index contributed by atoms with van der Waals surface area (Å²) >= 11 is 0. The fourth-order valence-corrected chi connectivity index (χ4v) is 2.96. The molecule has 1 unspecified atom stereocenters. The van der Waals surface area contributed by atoms with Crippen LogP contribution in [0.25, 0.3) is 0 Å². The highest BCUT2D eigenvalue weighted by atomic mass is 15.2. The van der Waals surface area contributed by atoms with Crippen molar-refractivity contribution >= 4 is 0 Å². The molecule has 2 rings (SSSR count). The van der Waals surface area contributed by atoms with E-state index < -0.39 is 0 Å². The smallest absolute Gasteiger partial charge is 0.0237 e. The largest absolute Gasteiger partial charge is 0.318 e. The molecule has 0 amide bonds. The summed E-state index contributed by atoms with van der Waals surface area (Å²) in [6.45, 7) is 7.84. The molecular formula is C15H24N2. The van der Waals surface area contributed by atoms with Gasteiger partial charge in [-0.3, -0.25) is 4.90 Å². The summed E-state index contributed by atoms with van der Waals surface area (Å²) in [7, 11) is 2.05. The van der Waals surface area contributed by atoms with Crippen LogP contribution in [0.4, 0.5) is 0 Å². The van der Waals surface area contributed by atoms with Gasteiger partial charge in [0.2, 0.25) is 0 Å². The van der Waals surface area contributed by atoms with Crippen LogP contribution in [0.5, 0.6) is 0 Å². The van der Waals surface area contributed by atoms with Gasteiger partial charge in [-0.25, -0.2) is 0 Å². The van der Waals surface area contributed by atoms with Crippen molar-refractivity contribution in [2.24, 2.45) is 0 Å². The maximum absolute atomic E-state index is 3.31. The fraction of sp³-hybridized carbons (Fsp3) is 0.600. The zero-order valence-corrected chi connectivity index (χ0v) is 11.3. The second-order valence-corrected chi connectivity index (χ2v) is 5.32. The summed E-state index contributed by atoms with van der Waals surface area (Å²) in [5.41, 5.74) is 4.22. The van der Waals surface area contributed by atoms with E-state index >= 15 is 0 Å². The van der Waals surface area contributed by atoms with E-state index in [2.05, 4.69) is 42.3 Å². The lowest BCUT2D eigenvalue weighted by atomic mass is 10.1. The van der Waals surface area contributed by atoms with Crippen molar-refractivity contribution in [1.82, 2.24) is 10.2 Å². The molecule has 2 nitrogen and oxygen atoms in total. The highest BCUT2D eigenvalue weighted by molar-refractivity contribution is 5.28. The zero-order valence-electron chi connectivity index (χ0n) is 11.3. The van der Waals surface area contributed by atoms with Crippen LogP contribution in [-0.4, -0.2) is 31.1 Å². The number of hydrogen-bond donors (Lipinski definition) is 1. The molecule has 1 aliphatic heterocycles. The molecule has 17 heavy (non-hydrogen) atoms. The number of likely N-dealkylation sites (N-methyl/N-ethyl adjacent to an activating group) is 1. The van der Waals surface area contributed by atoms with Gasteiger partial charge in [-0.2, -0.15) is 0 Å². The Bertz CT molecular complexity index is 353. The first kappa shape index (κ1) is 12.6. The maximum Gasteiger partial charge on any atom is 0.0237 e. The average molecular weight is 232 g/mol. The molecule has 1 aromatic rings. The van der Waals surface area contributed by atoms with Crippen LogP contribution in [0.1, 0.15) is 29.5 Å². The molecule has 0 aliphatic carbocycles. The van der Waals surface area contributed by atoms with Gasteiger partial charge in [0.25, 0.3) is 0 Å². The summed E-state index contributed by atoms with van der Waals surface area (Å²) < 4.78 is 0. The average Bonchev–Trinajstić information content (AvgIpc) is 2.65. The highest BCUT2D eigenvalue weighted by Gasteiger charge is 2.23. The van der Waals surface area contributed by atoms with Crippen molar-refractivity contribution in [3.8, 4) is 0 Å². The van der Waals surface area contributed by atoms with Gasteiger partial charge in [-0.05, 0) is 45.8 Å². The number of benzene rings is 1. The van der Waals surface area contributed by atoms with Gasteiger partial charge in [-0.15, -0.1) is 0 Å². The SMILES string of the molecule is CNCC1CCCN1Cc1cc(C)cc(C)c1. The second kappa shape index (κ2) is 5.65. The van der Waals surface area contributed by atoms with E-state index in [9.17, 15) is 0 Å². The van der Waals surface area contributed by atoms with E-state index in [1.54, 1.807) is 0 Å². The predicted molar refractivity (Wildman–Crippen MR) is 73.3 cm³/mol. The van der Waals surface area contributed by atoms with Crippen molar-refractivity contribution in [2.75, 3.05) is 20.1 Å². The lowest BCUT2D eigenvalue weighted by Crippen LogP contribution is -2.36. The normalized spacial score (nSPS) is 21.0. The van der Waals surface area contributed by atoms with Crippen molar-refractivity contribution in [1.29, 1.82) is 0 Å². The number of nitrogens with one attached hydrogen (secondary N) is 1. The first-order valence-electron chi connectivity index (χ1n) is 6.65. The van der Waals surface area contributed by atoms with Crippen molar-refractivity contribution < 1.29 is 0 Å². The molecular weight excluding hydrogens is 208 g/mol. The summed E-state index contributed by atoms with van der Waals surface area (Å²) in [4.78, 5) is 2.62. The van der Waals surface area contributed by atoms with Gasteiger partial charge in [0, 0.05) is 19.1 Å². The predicted octanol–water partition coefficient (Wildman–Crippen LogP) is 2.49. The number of likely N-dealkylation sites (tertiary alicyclic amines) is 1. The van der Waals surface area contributed by atoms with E-state index in [0.29, 0.717) is 0 Å². The molecule has 1 atom stereocenters. The van der Waals surface area contributed by atoms with Crippen LogP contribution in [0, 0.1) is 13.8 Å². The quantitative estimate of drug-likeness (QED) is 0.858. The van der Waals surface area contributed by atoms with E-state index in [0.717, 1.165) is 19.1 Å². The van der Waals surface area contributed by atoms with E-state index in [1.807, 2.05) is 7.05 Å². The molecule has 2 heteroatoms. The van der Waals surface area contributed by atoms with Crippen molar-refractivity contribution in [3.05, 3.63) is 34.9 Å². The Morgan fingerprint density at radius 2 is 1.94 bits per heavy atom. The van der Waals surface area contributed by atoms with E-state index in [1.165, 1.54) is 36.1 Å². The molecule has 0 saturated carbocycles. The fourth-order valence-electron chi connectivity index (χ4n) is 2.96. The minimum absolute atomic E-state index is 0.723. The van der Waals surface area contributed by atoms with Crippen LogP contribution in [0.2, 0.25) is 0 Å². The lowest BCUT2D eigenvalue weighted by Gasteiger charge is -2.24. The molecule has 1 heterocycles. The van der Waals surface area contributed by atoms with Gasteiger partial charge in [0.15, 0.2) is 0 Å². The van der Waals surface area contributed by atoms with E-state index in [-0.39, 0.29) is 0 Å². The van der Waals surface area contributed by atoms with Crippen molar-refractivity contribution in [3.63, 3.8) is 0 Å². The van der Waals surface area contributed by atoms with Crippen LogP contribution in [0.3, 0.4) is 0 Å². The van der Waals surface area contributed by atoms with E-state index in [4.69, 9.17) is 0 Å². The molecule has 94 valence electrons. The molecule has 1 saturated heterocycles. The van der Waals surface area contributed by atoms with Gasteiger partial charge >= 0.3 is 0 Å². The molecule has 1 aromatic carbocycles.